The number of carbonyl (C=O) groups is 1. The monoisotopic (exact) mass is 344 g/mol. The van der Waals surface area contributed by atoms with Crippen LogP contribution in [0.1, 0.15) is 13.3 Å². The highest BCUT2D eigenvalue weighted by atomic mass is 79.9. The molecular formula is C12H17BrN4O3. The Balaban J connectivity index is 2.22. The maximum absolute atomic E-state index is 12.1. The van der Waals surface area contributed by atoms with Crippen LogP contribution >= 0.6 is 15.9 Å². The van der Waals surface area contributed by atoms with E-state index in [2.05, 4.69) is 43.3 Å². The molecule has 8 heteroatoms. The Hall–Kier alpha value is -1.41. The lowest BCUT2D eigenvalue weighted by molar-refractivity contribution is -0.141. The van der Waals surface area contributed by atoms with Crippen LogP contribution in [0, 0.1) is 0 Å². The number of carbonyl (C=O) groups excluding carboxylic acids is 1. The third-order valence-electron chi connectivity index (χ3n) is 3.30. The van der Waals surface area contributed by atoms with E-state index in [1.165, 1.54) is 13.3 Å². The first kappa shape index (κ1) is 15.0. The fourth-order valence-corrected chi connectivity index (χ4v) is 2.51. The van der Waals surface area contributed by atoms with Crippen LogP contribution in [0.25, 0.3) is 0 Å². The lowest BCUT2D eigenvalue weighted by Crippen LogP contribution is -2.38. The number of hydrogen-bond donors (Lipinski definition) is 2. The summed E-state index contributed by atoms with van der Waals surface area (Å²) in [6, 6.07) is 0. The molecule has 1 unspecified atom stereocenters. The smallest absolute Gasteiger partial charge is 0.327 e. The molecule has 0 spiro atoms. The standard InChI is InChI=1S/C12H17BrN4O3/c1-12(3-4-14-7-12)16-8-5-15-17(6-9(18)20-2)11(19)10(8)13/h5,14,16H,3-4,6-7H2,1-2H3. The molecule has 1 saturated heterocycles. The maximum Gasteiger partial charge on any atom is 0.327 e. The van der Waals surface area contributed by atoms with Gasteiger partial charge in [-0.1, -0.05) is 0 Å². The molecule has 1 atom stereocenters. The van der Waals surface area contributed by atoms with Crippen molar-refractivity contribution in [2.45, 2.75) is 25.4 Å². The quantitative estimate of drug-likeness (QED) is 0.766. The predicted molar refractivity (Wildman–Crippen MR) is 77.7 cm³/mol. The van der Waals surface area contributed by atoms with Crippen LogP contribution < -0.4 is 16.2 Å². The zero-order valence-electron chi connectivity index (χ0n) is 11.4. The number of methoxy groups -OCH3 is 1. The molecule has 0 saturated carbocycles. The van der Waals surface area contributed by atoms with E-state index in [-0.39, 0.29) is 17.6 Å². The Morgan fingerprint density at radius 1 is 1.70 bits per heavy atom. The first-order valence-corrected chi connectivity index (χ1v) is 7.06. The molecule has 7 nitrogen and oxygen atoms in total. The Morgan fingerprint density at radius 2 is 2.45 bits per heavy atom. The van der Waals surface area contributed by atoms with E-state index in [9.17, 15) is 9.59 Å². The molecule has 110 valence electrons. The average Bonchev–Trinajstić information content (AvgIpc) is 2.85. The third-order valence-corrected chi connectivity index (χ3v) is 4.06. The minimum Gasteiger partial charge on any atom is -0.468 e. The number of halogens is 1. The first-order valence-electron chi connectivity index (χ1n) is 6.26. The summed E-state index contributed by atoms with van der Waals surface area (Å²) in [7, 11) is 1.27. The van der Waals surface area contributed by atoms with Crippen LogP contribution in [0.4, 0.5) is 5.69 Å². The largest absolute Gasteiger partial charge is 0.468 e. The fourth-order valence-electron chi connectivity index (χ4n) is 2.10. The minimum absolute atomic E-state index is 0.106. The lowest BCUT2D eigenvalue weighted by Gasteiger charge is -2.26. The van der Waals surface area contributed by atoms with E-state index >= 15 is 0 Å². The number of nitrogens with one attached hydrogen (secondary N) is 2. The second-order valence-electron chi connectivity index (χ2n) is 5.02. The summed E-state index contributed by atoms with van der Waals surface area (Å²) >= 11 is 3.27. The maximum atomic E-state index is 12.1. The van der Waals surface area contributed by atoms with Crippen molar-refractivity contribution in [2.75, 3.05) is 25.5 Å². The topological polar surface area (TPSA) is 85.2 Å². The highest BCUT2D eigenvalue weighted by Crippen LogP contribution is 2.24. The lowest BCUT2D eigenvalue weighted by atomic mass is 10.0. The summed E-state index contributed by atoms with van der Waals surface area (Å²) in [4.78, 5) is 23.3. The van der Waals surface area contributed by atoms with Gasteiger partial charge in [0.1, 0.15) is 11.0 Å². The molecule has 2 heterocycles. The number of ether oxygens (including phenoxy) is 1. The molecule has 20 heavy (non-hydrogen) atoms. The number of aromatic nitrogens is 2. The van der Waals surface area contributed by atoms with Gasteiger partial charge in [-0.15, -0.1) is 0 Å². The molecule has 1 aromatic heterocycles. The number of nitrogens with zero attached hydrogens (tertiary/aromatic N) is 2. The van der Waals surface area contributed by atoms with Gasteiger partial charge >= 0.3 is 5.97 Å². The SMILES string of the molecule is COC(=O)Cn1ncc(NC2(C)CCNC2)c(Br)c1=O. The predicted octanol–water partition coefficient (Wildman–Crippen LogP) is 0.343. The number of hydrogen-bond acceptors (Lipinski definition) is 6. The van der Waals surface area contributed by atoms with Crippen LogP contribution in [0.2, 0.25) is 0 Å². The van der Waals surface area contributed by atoms with Crippen LogP contribution in [-0.4, -0.2) is 41.5 Å². The second kappa shape index (κ2) is 5.92. The van der Waals surface area contributed by atoms with E-state index in [4.69, 9.17) is 0 Å². The van der Waals surface area contributed by atoms with E-state index in [0.29, 0.717) is 10.2 Å². The van der Waals surface area contributed by atoms with Gasteiger partial charge < -0.3 is 15.4 Å². The number of esters is 1. The van der Waals surface area contributed by atoms with Crippen molar-refractivity contribution in [2.24, 2.45) is 0 Å². The Bertz CT molecular complexity index is 566. The first-order chi connectivity index (χ1) is 9.45. The van der Waals surface area contributed by atoms with Crippen molar-refractivity contribution in [1.29, 1.82) is 0 Å². The number of anilines is 1. The summed E-state index contributed by atoms with van der Waals surface area (Å²) < 4.78 is 5.96. The van der Waals surface area contributed by atoms with Crippen molar-refractivity contribution in [1.82, 2.24) is 15.1 Å². The molecule has 1 aromatic rings. The van der Waals surface area contributed by atoms with E-state index in [1.807, 2.05) is 0 Å². The molecule has 1 aliphatic rings. The molecule has 0 amide bonds. The average molecular weight is 345 g/mol. The molecule has 2 N–H and O–H groups in total. The van der Waals surface area contributed by atoms with Crippen molar-refractivity contribution in [3.05, 3.63) is 21.0 Å². The molecule has 0 radical (unpaired) electrons. The van der Waals surface area contributed by atoms with Gasteiger partial charge in [0.05, 0.1) is 19.0 Å². The summed E-state index contributed by atoms with van der Waals surface area (Å²) in [5.74, 6) is -0.515. The molecule has 0 bridgehead atoms. The highest BCUT2D eigenvalue weighted by Gasteiger charge is 2.29. The van der Waals surface area contributed by atoms with Gasteiger partial charge in [-0.25, -0.2) is 4.68 Å². The third kappa shape index (κ3) is 3.18. The normalized spacial score (nSPS) is 21.8. The van der Waals surface area contributed by atoms with Crippen LogP contribution in [0.15, 0.2) is 15.5 Å². The van der Waals surface area contributed by atoms with Gasteiger partial charge in [0.25, 0.3) is 5.56 Å². The van der Waals surface area contributed by atoms with E-state index in [1.54, 1.807) is 0 Å². The molecular weight excluding hydrogens is 328 g/mol. The van der Waals surface area contributed by atoms with Crippen molar-refractivity contribution in [3.8, 4) is 0 Å². The summed E-state index contributed by atoms with van der Waals surface area (Å²) in [5, 5.41) is 10.6. The van der Waals surface area contributed by atoms with E-state index in [0.717, 1.165) is 24.2 Å². The summed E-state index contributed by atoms with van der Waals surface area (Å²) in [5.41, 5.74) is 0.155. The zero-order valence-corrected chi connectivity index (χ0v) is 13.0. The summed E-state index contributed by atoms with van der Waals surface area (Å²) in [6.07, 6.45) is 2.50. The van der Waals surface area contributed by atoms with Gasteiger partial charge in [-0.2, -0.15) is 5.10 Å². The van der Waals surface area contributed by atoms with Gasteiger partial charge in [0.2, 0.25) is 0 Å². The van der Waals surface area contributed by atoms with Gasteiger partial charge in [-0.05, 0) is 35.8 Å². The highest BCUT2D eigenvalue weighted by molar-refractivity contribution is 9.10. The number of rotatable bonds is 4. The fraction of sp³-hybridized carbons (Fsp3) is 0.583. The van der Waals surface area contributed by atoms with Gasteiger partial charge in [0.15, 0.2) is 0 Å². The zero-order chi connectivity index (χ0) is 14.8. The molecule has 0 aromatic carbocycles. The van der Waals surface area contributed by atoms with Gasteiger partial charge in [0, 0.05) is 12.1 Å². The van der Waals surface area contributed by atoms with Crippen molar-refractivity contribution in [3.63, 3.8) is 0 Å². The van der Waals surface area contributed by atoms with Crippen molar-refractivity contribution >= 4 is 27.6 Å². The molecule has 0 aliphatic carbocycles. The molecule has 2 rings (SSSR count). The van der Waals surface area contributed by atoms with Crippen LogP contribution in [0.3, 0.4) is 0 Å². The van der Waals surface area contributed by atoms with Gasteiger partial charge in [-0.3, -0.25) is 9.59 Å². The Labute approximate surface area is 124 Å². The Morgan fingerprint density at radius 3 is 3.05 bits per heavy atom. The van der Waals surface area contributed by atoms with Crippen LogP contribution in [0.5, 0.6) is 0 Å². The molecule has 1 fully saturated rings. The summed E-state index contributed by atoms with van der Waals surface area (Å²) in [6.45, 7) is 3.64. The van der Waals surface area contributed by atoms with Crippen molar-refractivity contribution < 1.29 is 9.53 Å². The second-order valence-corrected chi connectivity index (χ2v) is 5.82. The van der Waals surface area contributed by atoms with E-state index < -0.39 is 5.97 Å². The van der Waals surface area contributed by atoms with Crippen LogP contribution in [-0.2, 0) is 16.1 Å². The Kier molecular flexibility index (Phi) is 4.44. The molecule has 1 aliphatic heterocycles. The minimum atomic E-state index is -0.515.